The summed E-state index contributed by atoms with van der Waals surface area (Å²) < 4.78 is 0. The van der Waals surface area contributed by atoms with Crippen molar-refractivity contribution in [2.24, 2.45) is 0 Å². The number of hydrogen-bond donors (Lipinski definition) is 2. The van der Waals surface area contributed by atoms with E-state index in [1.54, 1.807) is 12.3 Å². The summed E-state index contributed by atoms with van der Waals surface area (Å²) in [6.07, 6.45) is 3.37. The van der Waals surface area contributed by atoms with Crippen LogP contribution >= 0.6 is 34.5 Å². The van der Waals surface area contributed by atoms with Gasteiger partial charge >= 0.3 is 0 Å². The van der Waals surface area contributed by atoms with Crippen molar-refractivity contribution in [3.05, 3.63) is 74.7 Å². The van der Waals surface area contributed by atoms with Crippen molar-refractivity contribution in [2.75, 3.05) is 17.2 Å². The second-order valence-corrected chi connectivity index (χ2v) is 7.90. The highest BCUT2D eigenvalue weighted by Gasteiger charge is 2.09. The van der Waals surface area contributed by atoms with Gasteiger partial charge in [-0.05, 0) is 35.7 Å². The molecule has 0 spiro atoms. The number of hydrogen-bond acceptors (Lipinski definition) is 4. The fourth-order valence-corrected chi connectivity index (χ4v) is 3.82. The maximum Gasteiger partial charge on any atom is 0.245 e. The van der Waals surface area contributed by atoms with Gasteiger partial charge in [0.15, 0.2) is 5.13 Å². The molecule has 0 radical (unpaired) electrons. The Balaban J connectivity index is 1.55. The molecule has 140 valence electrons. The molecule has 0 saturated carbocycles. The van der Waals surface area contributed by atoms with Crippen molar-refractivity contribution >= 4 is 51.3 Å². The number of anilines is 2. The zero-order valence-electron chi connectivity index (χ0n) is 14.8. The molecule has 0 fully saturated rings. The first-order chi connectivity index (χ1) is 13.0. The van der Waals surface area contributed by atoms with Crippen LogP contribution < -0.4 is 10.6 Å². The molecule has 0 aliphatic carbocycles. The molecule has 0 atom stereocenters. The molecule has 7 heteroatoms. The van der Waals surface area contributed by atoms with Crippen LogP contribution in [0.4, 0.5) is 10.8 Å². The smallest absolute Gasteiger partial charge is 0.245 e. The number of rotatable bonds is 7. The molecule has 2 aromatic carbocycles. The molecule has 4 nitrogen and oxygen atoms in total. The highest BCUT2D eigenvalue weighted by Crippen LogP contribution is 2.26. The van der Waals surface area contributed by atoms with Crippen molar-refractivity contribution in [3.8, 4) is 0 Å². The third kappa shape index (κ3) is 5.45. The summed E-state index contributed by atoms with van der Waals surface area (Å²) in [7, 11) is 0. The third-order valence-corrected chi connectivity index (χ3v) is 5.65. The van der Waals surface area contributed by atoms with E-state index in [2.05, 4.69) is 28.6 Å². The van der Waals surface area contributed by atoms with E-state index in [0.717, 1.165) is 22.5 Å². The summed E-state index contributed by atoms with van der Waals surface area (Å²) in [5.74, 6) is -0.128. The molecule has 0 aliphatic rings. The number of nitrogens with zero attached hydrogens (tertiary/aromatic N) is 1. The molecule has 3 rings (SSSR count). The highest BCUT2D eigenvalue weighted by atomic mass is 35.5. The van der Waals surface area contributed by atoms with Gasteiger partial charge in [-0.1, -0.05) is 54.4 Å². The van der Waals surface area contributed by atoms with Crippen LogP contribution in [-0.4, -0.2) is 17.4 Å². The molecule has 1 heterocycles. The Bertz CT molecular complexity index is 942. The monoisotopic (exact) mass is 419 g/mol. The molecule has 0 unspecified atom stereocenters. The molecule has 0 aliphatic heterocycles. The Morgan fingerprint density at radius 2 is 1.96 bits per heavy atom. The topological polar surface area (TPSA) is 54.0 Å². The average molecular weight is 420 g/mol. The van der Waals surface area contributed by atoms with Gasteiger partial charge in [0.2, 0.25) is 5.91 Å². The minimum absolute atomic E-state index is 0.128. The number of benzene rings is 2. The number of para-hydroxylation sites is 1. The normalized spacial score (nSPS) is 10.6. The number of thiazole rings is 1. The van der Waals surface area contributed by atoms with E-state index in [9.17, 15) is 4.79 Å². The maximum atomic E-state index is 12.2. The Morgan fingerprint density at radius 1 is 1.15 bits per heavy atom. The average Bonchev–Trinajstić information content (AvgIpc) is 3.10. The summed E-state index contributed by atoms with van der Waals surface area (Å²) in [6.45, 7) is 2.28. The lowest BCUT2D eigenvalue weighted by Crippen LogP contribution is -2.22. The number of halogens is 2. The van der Waals surface area contributed by atoms with Crippen LogP contribution in [0.3, 0.4) is 0 Å². The summed E-state index contributed by atoms with van der Waals surface area (Å²) in [6, 6.07) is 13.5. The molecule has 1 amide bonds. The van der Waals surface area contributed by atoms with E-state index < -0.39 is 0 Å². The lowest BCUT2D eigenvalue weighted by Gasteiger charge is -2.10. The molecular weight excluding hydrogens is 401 g/mol. The van der Waals surface area contributed by atoms with Gasteiger partial charge in [-0.25, -0.2) is 4.98 Å². The highest BCUT2D eigenvalue weighted by molar-refractivity contribution is 7.15. The van der Waals surface area contributed by atoms with E-state index in [4.69, 9.17) is 23.2 Å². The number of aryl methyl sites for hydroxylation is 1. The SMILES string of the molecule is CCc1ccccc1NCC(=O)Nc1ncc(Cc2ccc(Cl)c(Cl)c2)s1. The van der Waals surface area contributed by atoms with Crippen LogP contribution in [0.5, 0.6) is 0 Å². The van der Waals surface area contributed by atoms with Crippen molar-refractivity contribution in [2.45, 2.75) is 19.8 Å². The maximum absolute atomic E-state index is 12.2. The third-order valence-electron chi connectivity index (χ3n) is 4.00. The molecule has 0 saturated heterocycles. The number of carbonyl (C=O) groups excluding carboxylic acids is 1. The summed E-state index contributed by atoms with van der Waals surface area (Å²) in [5, 5.41) is 7.67. The number of nitrogens with one attached hydrogen (secondary N) is 2. The van der Waals surface area contributed by atoms with Crippen LogP contribution in [0.25, 0.3) is 0 Å². The zero-order chi connectivity index (χ0) is 19.2. The van der Waals surface area contributed by atoms with Gasteiger partial charge in [0.05, 0.1) is 16.6 Å². The summed E-state index contributed by atoms with van der Waals surface area (Å²) in [5.41, 5.74) is 3.21. The fraction of sp³-hybridized carbons (Fsp3) is 0.200. The van der Waals surface area contributed by atoms with Gasteiger partial charge in [-0.2, -0.15) is 0 Å². The lowest BCUT2D eigenvalue weighted by atomic mass is 10.1. The number of amides is 1. The Hall–Kier alpha value is -2.08. The van der Waals surface area contributed by atoms with E-state index in [-0.39, 0.29) is 12.5 Å². The largest absolute Gasteiger partial charge is 0.376 e. The van der Waals surface area contributed by atoms with Gasteiger partial charge in [0, 0.05) is 23.2 Å². The fourth-order valence-electron chi connectivity index (χ4n) is 2.64. The molecule has 2 N–H and O–H groups in total. The standard InChI is InChI=1S/C20H19Cl2N3OS/c1-2-14-5-3-4-6-18(14)23-12-19(26)25-20-24-11-15(27-20)9-13-7-8-16(21)17(22)10-13/h3-8,10-11,23H,2,9,12H2,1H3,(H,24,25,26). The second kappa shape index (κ2) is 9.22. The first-order valence-electron chi connectivity index (χ1n) is 8.55. The van der Waals surface area contributed by atoms with Crippen molar-refractivity contribution < 1.29 is 4.79 Å². The van der Waals surface area contributed by atoms with Crippen LogP contribution in [-0.2, 0) is 17.6 Å². The van der Waals surface area contributed by atoms with Gasteiger partial charge in [0.25, 0.3) is 0 Å². The summed E-state index contributed by atoms with van der Waals surface area (Å²) in [4.78, 5) is 17.5. The Labute approximate surface area is 172 Å². The van der Waals surface area contributed by atoms with Crippen LogP contribution in [0, 0.1) is 0 Å². The zero-order valence-corrected chi connectivity index (χ0v) is 17.1. The number of aromatic nitrogens is 1. The molecular formula is C20H19Cl2N3OS. The first-order valence-corrected chi connectivity index (χ1v) is 10.1. The molecule has 3 aromatic rings. The van der Waals surface area contributed by atoms with E-state index in [1.165, 1.54) is 16.9 Å². The lowest BCUT2D eigenvalue weighted by molar-refractivity contribution is -0.114. The molecule has 0 bridgehead atoms. The predicted molar refractivity (Wildman–Crippen MR) is 114 cm³/mol. The van der Waals surface area contributed by atoms with E-state index in [0.29, 0.717) is 21.6 Å². The minimum Gasteiger partial charge on any atom is -0.376 e. The molecule has 27 heavy (non-hydrogen) atoms. The Morgan fingerprint density at radius 3 is 2.74 bits per heavy atom. The van der Waals surface area contributed by atoms with Gasteiger partial charge in [-0.3, -0.25) is 4.79 Å². The van der Waals surface area contributed by atoms with Gasteiger partial charge in [0.1, 0.15) is 0 Å². The van der Waals surface area contributed by atoms with Crippen LogP contribution in [0.2, 0.25) is 10.0 Å². The summed E-state index contributed by atoms with van der Waals surface area (Å²) >= 11 is 13.4. The van der Waals surface area contributed by atoms with Crippen molar-refractivity contribution in [1.82, 2.24) is 4.98 Å². The van der Waals surface area contributed by atoms with E-state index in [1.807, 2.05) is 30.3 Å². The van der Waals surface area contributed by atoms with Gasteiger partial charge in [-0.15, -0.1) is 11.3 Å². The van der Waals surface area contributed by atoms with Crippen LogP contribution in [0.1, 0.15) is 22.9 Å². The van der Waals surface area contributed by atoms with Crippen molar-refractivity contribution in [1.29, 1.82) is 0 Å². The number of carbonyl (C=O) groups is 1. The van der Waals surface area contributed by atoms with E-state index >= 15 is 0 Å². The minimum atomic E-state index is -0.128. The second-order valence-electron chi connectivity index (χ2n) is 5.97. The quantitative estimate of drug-likeness (QED) is 0.519. The first kappa shape index (κ1) is 19.7. The van der Waals surface area contributed by atoms with Crippen LogP contribution in [0.15, 0.2) is 48.7 Å². The molecule has 1 aromatic heterocycles. The predicted octanol–water partition coefficient (Wildman–Crippen LogP) is 5.65. The Kier molecular flexibility index (Phi) is 6.72. The van der Waals surface area contributed by atoms with Gasteiger partial charge < -0.3 is 10.6 Å². The van der Waals surface area contributed by atoms with Crippen molar-refractivity contribution in [3.63, 3.8) is 0 Å².